The first-order valence-corrected chi connectivity index (χ1v) is 7.35. The predicted octanol–water partition coefficient (Wildman–Crippen LogP) is 2.29. The van der Waals surface area contributed by atoms with Gasteiger partial charge in [-0.15, -0.1) is 0 Å². The summed E-state index contributed by atoms with van der Waals surface area (Å²) in [4.78, 5) is 17.7. The maximum atomic E-state index is 12.0. The van der Waals surface area contributed by atoms with E-state index in [-0.39, 0.29) is 11.5 Å². The number of aromatic nitrogens is 1. The number of likely N-dealkylation sites (tertiary alicyclic amines) is 1. The van der Waals surface area contributed by atoms with Gasteiger partial charge in [0.1, 0.15) is 5.60 Å². The van der Waals surface area contributed by atoms with E-state index in [1.807, 2.05) is 26.8 Å². The van der Waals surface area contributed by atoms with Crippen molar-refractivity contribution in [1.82, 2.24) is 9.88 Å². The summed E-state index contributed by atoms with van der Waals surface area (Å²) in [6.45, 7) is 7.21. The van der Waals surface area contributed by atoms with Gasteiger partial charge in [-0.25, -0.2) is 4.79 Å². The molecule has 110 valence electrons. The van der Waals surface area contributed by atoms with Crippen LogP contribution in [-0.4, -0.2) is 41.2 Å². The molecule has 2 N–H and O–H groups in total. The van der Waals surface area contributed by atoms with Gasteiger partial charge in [0.2, 0.25) is 0 Å². The molecule has 1 aliphatic heterocycles. The molecule has 0 radical (unpaired) electrons. The van der Waals surface area contributed by atoms with E-state index < -0.39 is 5.60 Å². The Morgan fingerprint density at radius 3 is 2.70 bits per heavy atom. The summed E-state index contributed by atoms with van der Waals surface area (Å²) < 4.78 is 6.29. The molecular weight excluding hydrogens is 322 g/mol. The van der Waals surface area contributed by atoms with Crippen LogP contribution in [0.5, 0.6) is 0 Å². The lowest BCUT2D eigenvalue weighted by Crippen LogP contribution is -2.65. The second-order valence-electron chi connectivity index (χ2n) is 6.18. The number of ether oxygens (including phenoxy) is 1. The van der Waals surface area contributed by atoms with Crippen molar-refractivity contribution < 1.29 is 9.53 Å². The van der Waals surface area contributed by atoms with E-state index in [4.69, 9.17) is 10.5 Å². The monoisotopic (exact) mass is 341 g/mol. The first kappa shape index (κ1) is 15.3. The van der Waals surface area contributed by atoms with Crippen LogP contribution >= 0.6 is 15.9 Å². The quantitative estimate of drug-likeness (QED) is 0.895. The van der Waals surface area contributed by atoms with Gasteiger partial charge in [0.25, 0.3) is 0 Å². The zero-order valence-electron chi connectivity index (χ0n) is 12.0. The zero-order valence-corrected chi connectivity index (χ0v) is 13.6. The van der Waals surface area contributed by atoms with Gasteiger partial charge >= 0.3 is 6.09 Å². The molecule has 6 heteroatoms. The second kappa shape index (κ2) is 5.33. The average Bonchev–Trinajstić information content (AvgIpc) is 2.28. The normalized spacial score (nSPS) is 17.6. The molecule has 0 spiro atoms. The predicted molar refractivity (Wildman–Crippen MR) is 80.5 cm³/mol. The van der Waals surface area contributed by atoms with Gasteiger partial charge in [-0.3, -0.25) is 4.98 Å². The molecule has 5 nitrogen and oxygen atoms in total. The third kappa shape index (κ3) is 2.96. The van der Waals surface area contributed by atoms with E-state index in [1.165, 1.54) is 0 Å². The van der Waals surface area contributed by atoms with Crippen LogP contribution in [0.15, 0.2) is 22.9 Å². The molecule has 0 aromatic carbocycles. The minimum Gasteiger partial charge on any atom is -0.444 e. The number of hydrogen-bond acceptors (Lipinski definition) is 4. The molecule has 2 heterocycles. The lowest BCUT2D eigenvalue weighted by atomic mass is 9.74. The van der Waals surface area contributed by atoms with Crippen LogP contribution in [0.1, 0.15) is 26.3 Å². The van der Waals surface area contributed by atoms with Crippen molar-refractivity contribution in [2.24, 2.45) is 5.73 Å². The number of amides is 1. The summed E-state index contributed by atoms with van der Waals surface area (Å²) in [5.74, 6) is 0. The van der Waals surface area contributed by atoms with Crippen LogP contribution in [0.3, 0.4) is 0 Å². The Kier molecular flexibility index (Phi) is 4.07. The fourth-order valence-electron chi connectivity index (χ4n) is 2.35. The molecule has 2 rings (SSSR count). The SMILES string of the molecule is CC(C)(C)OC(=O)N1CC(CN)(c2ccncc2Br)C1. The summed E-state index contributed by atoms with van der Waals surface area (Å²) >= 11 is 3.50. The van der Waals surface area contributed by atoms with Crippen molar-refractivity contribution in [3.63, 3.8) is 0 Å². The van der Waals surface area contributed by atoms with Crippen molar-refractivity contribution in [3.05, 3.63) is 28.5 Å². The third-order valence-electron chi connectivity index (χ3n) is 3.37. The molecule has 0 atom stereocenters. The molecule has 0 unspecified atom stereocenters. The molecule has 1 fully saturated rings. The van der Waals surface area contributed by atoms with E-state index in [9.17, 15) is 4.79 Å². The number of nitrogens with zero attached hydrogens (tertiary/aromatic N) is 2. The molecule has 20 heavy (non-hydrogen) atoms. The number of pyridine rings is 1. The Labute approximate surface area is 127 Å². The first-order valence-electron chi connectivity index (χ1n) is 6.55. The highest BCUT2D eigenvalue weighted by Gasteiger charge is 2.47. The minimum atomic E-state index is -0.477. The molecule has 1 saturated heterocycles. The van der Waals surface area contributed by atoms with E-state index in [2.05, 4.69) is 20.9 Å². The van der Waals surface area contributed by atoms with E-state index in [0.29, 0.717) is 19.6 Å². The van der Waals surface area contributed by atoms with Crippen LogP contribution in [0, 0.1) is 0 Å². The number of carbonyl (C=O) groups excluding carboxylic acids is 1. The Bertz CT molecular complexity index is 507. The van der Waals surface area contributed by atoms with Gasteiger partial charge in [0, 0.05) is 41.9 Å². The van der Waals surface area contributed by atoms with E-state index in [0.717, 1.165) is 10.0 Å². The number of nitrogens with two attached hydrogens (primary N) is 1. The Morgan fingerprint density at radius 2 is 2.20 bits per heavy atom. The summed E-state index contributed by atoms with van der Waals surface area (Å²) in [7, 11) is 0. The molecule has 0 aliphatic carbocycles. The zero-order chi connectivity index (χ0) is 15.0. The highest BCUT2D eigenvalue weighted by atomic mass is 79.9. The number of carbonyl (C=O) groups is 1. The Balaban J connectivity index is 2.09. The summed E-state index contributed by atoms with van der Waals surface area (Å²) in [6.07, 6.45) is 3.21. The highest BCUT2D eigenvalue weighted by Crippen LogP contribution is 2.37. The van der Waals surface area contributed by atoms with Gasteiger partial charge in [-0.05, 0) is 48.3 Å². The maximum Gasteiger partial charge on any atom is 0.410 e. The molecular formula is C14H20BrN3O2. The van der Waals surface area contributed by atoms with Crippen LogP contribution in [-0.2, 0) is 10.2 Å². The Morgan fingerprint density at radius 1 is 1.55 bits per heavy atom. The fourth-order valence-corrected chi connectivity index (χ4v) is 3.03. The van der Waals surface area contributed by atoms with Gasteiger partial charge in [-0.1, -0.05) is 0 Å². The summed E-state index contributed by atoms with van der Waals surface area (Å²) in [5, 5.41) is 0. The number of halogens is 1. The average molecular weight is 342 g/mol. The third-order valence-corrected chi connectivity index (χ3v) is 4.01. The van der Waals surface area contributed by atoms with Gasteiger partial charge in [0.05, 0.1) is 0 Å². The van der Waals surface area contributed by atoms with Crippen molar-refractivity contribution in [3.8, 4) is 0 Å². The molecule has 1 aromatic heterocycles. The maximum absolute atomic E-state index is 12.0. The molecule has 0 saturated carbocycles. The Hall–Kier alpha value is -1.14. The smallest absolute Gasteiger partial charge is 0.410 e. The first-order chi connectivity index (χ1) is 9.27. The standard InChI is InChI=1S/C14H20BrN3O2/c1-13(2,3)20-12(19)18-8-14(7-16,9-18)10-4-5-17-6-11(10)15/h4-6H,7-9,16H2,1-3H3. The lowest BCUT2D eigenvalue weighted by Gasteiger charge is -2.50. The van der Waals surface area contributed by atoms with Crippen molar-refractivity contribution >= 4 is 22.0 Å². The topological polar surface area (TPSA) is 68.5 Å². The summed E-state index contributed by atoms with van der Waals surface area (Å²) in [5.41, 5.74) is 6.35. The van der Waals surface area contributed by atoms with Gasteiger partial charge in [-0.2, -0.15) is 0 Å². The molecule has 1 aromatic rings. The van der Waals surface area contributed by atoms with Crippen LogP contribution in [0.4, 0.5) is 4.79 Å². The van der Waals surface area contributed by atoms with Crippen molar-refractivity contribution in [1.29, 1.82) is 0 Å². The molecule has 1 amide bonds. The van der Waals surface area contributed by atoms with Crippen LogP contribution in [0.25, 0.3) is 0 Å². The van der Waals surface area contributed by atoms with E-state index >= 15 is 0 Å². The second-order valence-corrected chi connectivity index (χ2v) is 7.03. The van der Waals surface area contributed by atoms with Crippen molar-refractivity contribution in [2.45, 2.75) is 31.8 Å². The summed E-state index contributed by atoms with van der Waals surface area (Å²) in [6, 6.07) is 1.95. The van der Waals surface area contributed by atoms with E-state index in [1.54, 1.807) is 17.3 Å². The number of rotatable bonds is 2. The van der Waals surface area contributed by atoms with Crippen molar-refractivity contribution in [2.75, 3.05) is 19.6 Å². The minimum absolute atomic E-state index is 0.210. The van der Waals surface area contributed by atoms with Gasteiger partial charge < -0.3 is 15.4 Å². The highest BCUT2D eigenvalue weighted by molar-refractivity contribution is 9.10. The molecule has 0 bridgehead atoms. The van der Waals surface area contributed by atoms with Crippen LogP contribution < -0.4 is 5.73 Å². The largest absolute Gasteiger partial charge is 0.444 e. The fraction of sp³-hybridized carbons (Fsp3) is 0.571. The molecule has 1 aliphatic rings. The lowest BCUT2D eigenvalue weighted by molar-refractivity contribution is -0.00838. The van der Waals surface area contributed by atoms with Gasteiger partial charge in [0.15, 0.2) is 0 Å². The number of hydrogen-bond donors (Lipinski definition) is 1. The van der Waals surface area contributed by atoms with Crippen LogP contribution in [0.2, 0.25) is 0 Å².